The summed E-state index contributed by atoms with van der Waals surface area (Å²) in [4.78, 5) is 15.4. The van der Waals surface area contributed by atoms with Gasteiger partial charge in [0.15, 0.2) is 0 Å². The fraction of sp³-hybridized carbons (Fsp3) is 0.667. The van der Waals surface area contributed by atoms with Crippen LogP contribution in [0.15, 0.2) is 0 Å². The first-order valence-corrected chi connectivity index (χ1v) is 5.14. The van der Waals surface area contributed by atoms with Crippen molar-refractivity contribution in [2.75, 3.05) is 13.2 Å². The first-order chi connectivity index (χ1) is 7.31. The summed E-state index contributed by atoms with van der Waals surface area (Å²) in [5, 5.41) is 9.86. The monoisotopic (exact) mass is 210 g/mol. The molecule has 2 rings (SSSR count). The van der Waals surface area contributed by atoms with E-state index in [1.807, 2.05) is 0 Å². The van der Waals surface area contributed by atoms with Crippen molar-refractivity contribution in [1.82, 2.24) is 20.5 Å². The number of hydrogen-bond acceptors (Lipinski definition) is 5. The van der Waals surface area contributed by atoms with Crippen LogP contribution in [0.2, 0.25) is 0 Å². The summed E-state index contributed by atoms with van der Waals surface area (Å²) >= 11 is 0. The van der Waals surface area contributed by atoms with E-state index in [2.05, 4.69) is 20.5 Å². The lowest BCUT2D eigenvalue weighted by Gasteiger charge is -2.03. The molecule has 1 saturated heterocycles. The number of H-pyrrole nitrogens is 1. The maximum Gasteiger partial charge on any atom is 0.378 e. The zero-order valence-electron chi connectivity index (χ0n) is 8.62. The van der Waals surface area contributed by atoms with E-state index in [1.54, 1.807) is 6.92 Å². The van der Waals surface area contributed by atoms with Gasteiger partial charge in [-0.2, -0.15) is 0 Å². The molecule has 0 bridgehead atoms. The molecule has 82 valence electrons. The maximum absolute atomic E-state index is 11.3. The molecule has 6 nitrogen and oxygen atoms in total. The lowest BCUT2D eigenvalue weighted by Crippen LogP contribution is -2.14. The fourth-order valence-corrected chi connectivity index (χ4v) is 1.64. The minimum Gasteiger partial charge on any atom is -0.460 e. The van der Waals surface area contributed by atoms with Crippen LogP contribution in [0.1, 0.15) is 42.3 Å². The highest BCUT2D eigenvalue weighted by Crippen LogP contribution is 2.19. The molecule has 1 aliphatic rings. The number of carbonyl (C=O) groups excluding carboxylic acids is 1. The van der Waals surface area contributed by atoms with Crippen LogP contribution in [0.25, 0.3) is 0 Å². The minimum absolute atomic E-state index is 0.112. The van der Waals surface area contributed by atoms with Crippen LogP contribution >= 0.6 is 0 Å². The summed E-state index contributed by atoms with van der Waals surface area (Å²) in [6.07, 6.45) is 2.15. The van der Waals surface area contributed by atoms with E-state index < -0.39 is 5.97 Å². The van der Waals surface area contributed by atoms with Crippen molar-refractivity contribution in [2.45, 2.75) is 25.8 Å². The van der Waals surface area contributed by atoms with Gasteiger partial charge in [-0.1, -0.05) is 0 Å². The van der Waals surface area contributed by atoms with E-state index >= 15 is 0 Å². The molecule has 1 aromatic heterocycles. The van der Waals surface area contributed by atoms with Crippen LogP contribution in [0.4, 0.5) is 0 Å². The Kier molecular flexibility index (Phi) is 2.96. The second-order valence-corrected chi connectivity index (χ2v) is 3.41. The molecule has 0 spiro atoms. The fourth-order valence-electron chi connectivity index (χ4n) is 1.64. The highest BCUT2D eigenvalue weighted by Gasteiger charge is 2.22. The number of hydrogen-bond donors (Lipinski definition) is 2. The van der Waals surface area contributed by atoms with Crippen LogP contribution in [-0.2, 0) is 4.74 Å². The molecule has 1 aromatic rings. The Bertz CT molecular complexity index is 344. The van der Waals surface area contributed by atoms with Gasteiger partial charge in [0.1, 0.15) is 5.82 Å². The Labute approximate surface area is 87.4 Å². The van der Waals surface area contributed by atoms with E-state index in [0.717, 1.165) is 25.2 Å². The first kappa shape index (κ1) is 10.1. The average molecular weight is 210 g/mol. The SMILES string of the molecule is CCOC(=O)c1n[nH]c([C@@H]2CCCN2)n1. The van der Waals surface area contributed by atoms with Crippen molar-refractivity contribution in [3.63, 3.8) is 0 Å². The van der Waals surface area contributed by atoms with Gasteiger partial charge in [-0.15, -0.1) is 5.10 Å². The Balaban J connectivity index is 2.06. The third kappa shape index (κ3) is 2.15. The second-order valence-electron chi connectivity index (χ2n) is 3.41. The molecule has 0 aromatic carbocycles. The molecule has 6 heteroatoms. The van der Waals surface area contributed by atoms with Crippen LogP contribution in [0.3, 0.4) is 0 Å². The molecular weight excluding hydrogens is 196 g/mol. The Hall–Kier alpha value is -1.43. The molecule has 2 N–H and O–H groups in total. The normalized spacial score (nSPS) is 20.5. The maximum atomic E-state index is 11.3. The number of rotatable bonds is 3. The van der Waals surface area contributed by atoms with E-state index in [0.29, 0.717) is 6.61 Å². The molecule has 1 aliphatic heterocycles. The van der Waals surface area contributed by atoms with Crippen molar-refractivity contribution in [2.24, 2.45) is 0 Å². The van der Waals surface area contributed by atoms with Crippen molar-refractivity contribution in [3.8, 4) is 0 Å². The quantitative estimate of drug-likeness (QED) is 0.706. The Morgan fingerprint density at radius 1 is 1.67 bits per heavy atom. The standard InChI is InChI=1S/C9H14N4O2/c1-2-15-9(14)8-11-7(12-13-8)6-4-3-5-10-6/h6,10H,2-5H2,1H3,(H,11,12,13)/t6-/m0/s1. The molecule has 0 amide bonds. The highest BCUT2D eigenvalue weighted by molar-refractivity contribution is 5.84. The van der Waals surface area contributed by atoms with Gasteiger partial charge in [-0.05, 0) is 26.3 Å². The Morgan fingerprint density at radius 3 is 3.20 bits per heavy atom. The summed E-state index contributed by atoms with van der Waals surface area (Å²) in [5.74, 6) is 0.356. The lowest BCUT2D eigenvalue weighted by molar-refractivity contribution is 0.0512. The molecule has 2 heterocycles. The average Bonchev–Trinajstić information content (AvgIpc) is 2.89. The first-order valence-electron chi connectivity index (χ1n) is 5.14. The van der Waals surface area contributed by atoms with E-state index in [9.17, 15) is 4.79 Å². The minimum atomic E-state index is -0.474. The van der Waals surface area contributed by atoms with Gasteiger partial charge in [0.2, 0.25) is 0 Å². The number of esters is 1. The van der Waals surface area contributed by atoms with Crippen molar-refractivity contribution in [3.05, 3.63) is 11.6 Å². The van der Waals surface area contributed by atoms with Crippen molar-refractivity contribution >= 4 is 5.97 Å². The van der Waals surface area contributed by atoms with Gasteiger partial charge >= 0.3 is 5.97 Å². The summed E-state index contributed by atoms with van der Waals surface area (Å²) in [7, 11) is 0. The number of aromatic nitrogens is 3. The topological polar surface area (TPSA) is 79.9 Å². The zero-order valence-corrected chi connectivity index (χ0v) is 8.62. The van der Waals surface area contributed by atoms with Gasteiger partial charge in [-0.3, -0.25) is 5.10 Å². The third-order valence-electron chi connectivity index (χ3n) is 2.35. The molecule has 0 aliphatic carbocycles. The molecular formula is C9H14N4O2. The predicted molar refractivity (Wildman–Crippen MR) is 52.3 cm³/mol. The molecule has 1 atom stereocenters. The van der Waals surface area contributed by atoms with Crippen LogP contribution in [-0.4, -0.2) is 34.3 Å². The number of ether oxygens (including phenoxy) is 1. The smallest absolute Gasteiger partial charge is 0.378 e. The summed E-state index contributed by atoms with van der Waals surface area (Å²) in [6, 6.07) is 0.195. The molecule has 15 heavy (non-hydrogen) atoms. The van der Waals surface area contributed by atoms with Gasteiger partial charge < -0.3 is 10.1 Å². The van der Waals surface area contributed by atoms with Crippen LogP contribution in [0, 0.1) is 0 Å². The summed E-state index contributed by atoms with van der Waals surface area (Å²) < 4.78 is 4.80. The number of nitrogens with one attached hydrogen (secondary N) is 2. The largest absolute Gasteiger partial charge is 0.460 e. The second kappa shape index (κ2) is 4.39. The van der Waals surface area contributed by atoms with E-state index in [-0.39, 0.29) is 11.9 Å². The van der Waals surface area contributed by atoms with E-state index in [1.165, 1.54) is 0 Å². The predicted octanol–water partition coefficient (Wildman–Crippen LogP) is 0.406. The molecule has 0 radical (unpaired) electrons. The van der Waals surface area contributed by atoms with Crippen molar-refractivity contribution < 1.29 is 9.53 Å². The van der Waals surface area contributed by atoms with Crippen LogP contribution < -0.4 is 5.32 Å². The van der Waals surface area contributed by atoms with Gasteiger partial charge in [-0.25, -0.2) is 9.78 Å². The van der Waals surface area contributed by atoms with Crippen LogP contribution in [0.5, 0.6) is 0 Å². The molecule has 1 fully saturated rings. The van der Waals surface area contributed by atoms with Gasteiger partial charge in [0, 0.05) is 0 Å². The summed E-state index contributed by atoms with van der Waals surface area (Å²) in [5.41, 5.74) is 0. The number of aromatic amines is 1. The van der Waals surface area contributed by atoms with Gasteiger partial charge in [0.05, 0.1) is 12.6 Å². The third-order valence-corrected chi connectivity index (χ3v) is 2.35. The van der Waals surface area contributed by atoms with Gasteiger partial charge in [0.25, 0.3) is 5.82 Å². The summed E-state index contributed by atoms with van der Waals surface area (Å²) in [6.45, 7) is 3.08. The molecule has 0 unspecified atom stereocenters. The molecule has 0 saturated carbocycles. The Morgan fingerprint density at radius 2 is 2.53 bits per heavy atom. The van der Waals surface area contributed by atoms with E-state index in [4.69, 9.17) is 4.74 Å². The lowest BCUT2D eigenvalue weighted by atomic mass is 10.2. The number of carbonyl (C=O) groups is 1. The zero-order chi connectivity index (χ0) is 10.7. The number of nitrogens with zero attached hydrogens (tertiary/aromatic N) is 2. The highest BCUT2D eigenvalue weighted by atomic mass is 16.5. The van der Waals surface area contributed by atoms with Crippen molar-refractivity contribution in [1.29, 1.82) is 0 Å².